The summed E-state index contributed by atoms with van der Waals surface area (Å²) in [6.07, 6.45) is 1.48. The molecule has 0 fully saturated rings. The largest absolute Gasteiger partial charge is 0.491 e. The molecule has 0 spiro atoms. The van der Waals surface area contributed by atoms with E-state index >= 15 is 0 Å². The number of aliphatic hydroxyl groups excluding tert-OH is 1. The first kappa shape index (κ1) is 33.9. The number of nitrogens with zero attached hydrogens (tertiary/aromatic N) is 4. The Balaban J connectivity index is 1.37. The number of fused-ring (bicyclic) bond motifs is 1. The van der Waals surface area contributed by atoms with E-state index in [1.165, 1.54) is 11.8 Å². The monoisotopic (exact) mass is 661 g/mol. The molecule has 242 valence electrons. The van der Waals surface area contributed by atoms with Crippen LogP contribution in [0.4, 0.5) is 0 Å². The van der Waals surface area contributed by atoms with Crippen LogP contribution in [0, 0.1) is 11.8 Å². The van der Waals surface area contributed by atoms with Crippen LogP contribution in [0.5, 0.6) is 11.5 Å². The van der Waals surface area contributed by atoms with E-state index < -0.39 is 28.0 Å². The fourth-order valence-corrected chi connectivity index (χ4v) is 6.23. The molecule has 0 amide bonds. The molecular weight excluding hydrogens is 626 g/mol. The lowest BCUT2D eigenvalue weighted by atomic mass is 9.93. The highest BCUT2D eigenvalue weighted by Gasteiger charge is 2.31. The topological polar surface area (TPSA) is 195 Å². The summed E-state index contributed by atoms with van der Waals surface area (Å²) in [5, 5.41) is 22.4. The van der Waals surface area contributed by atoms with E-state index in [1.54, 1.807) is 42.6 Å². The number of hydrogen-bond donors (Lipinski definition) is 2. The number of primary sulfonamides is 1. The van der Waals surface area contributed by atoms with Gasteiger partial charge in [0.25, 0.3) is 10.0 Å². The van der Waals surface area contributed by atoms with Gasteiger partial charge < -0.3 is 24.1 Å². The van der Waals surface area contributed by atoms with Crippen LogP contribution in [0.15, 0.2) is 53.0 Å². The van der Waals surface area contributed by atoms with Crippen LogP contribution in [0.2, 0.25) is 0 Å². The van der Waals surface area contributed by atoms with Crippen molar-refractivity contribution in [2.45, 2.75) is 43.9 Å². The summed E-state index contributed by atoms with van der Waals surface area (Å²) in [4.78, 5) is 30.1. The number of sulfonamides is 1. The highest BCUT2D eigenvalue weighted by molar-refractivity contribution is 7.91. The number of nitrogens with two attached hydrogens (primary N) is 1. The molecule has 2 aromatic heterocycles. The van der Waals surface area contributed by atoms with Crippen LogP contribution in [-0.2, 0) is 42.3 Å². The zero-order valence-electron chi connectivity index (χ0n) is 25.0. The summed E-state index contributed by atoms with van der Waals surface area (Å²) in [5.74, 6) is -0.754. The maximum absolute atomic E-state index is 13.5. The minimum Gasteiger partial charge on any atom is -0.491 e. The predicted octanol–water partition coefficient (Wildman–Crippen LogP) is 2.65. The van der Waals surface area contributed by atoms with Crippen molar-refractivity contribution in [3.8, 4) is 11.5 Å². The van der Waals surface area contributed by atoms with Gasteiger partial charge in [-0.25, -0.2) is 23.2 Å². The van der Waals surface area contributed by atoms with E-state index in [9.17, 15) is 18.0 Å². The van der Waals surface area contributed by atoms with Crippen molar-refractivity contribution in [3.63, 3.8) is 0 Å². The number of carbonyl (C=O) groups is 2. The fourth-order valence-electron chi connectivity index (χ4n) is 4.54. The Bertz CT molecular complexity index is 1720. The van der Waals surface area contributed by atoms with Crippen LogP contribution in [0.25, 0.3) is 10.2 Å². The Hall–Kier alpha value is -3.96. The minimum absolute atomic E-state index is 0.0375. The molecule has 0 bridgehead atoms. The lowest BCUT2D eigenvalue weighted by Crippen LogP contribution is -2.31. The van der Waals surface area contributed by atoms with Gasteiger partial charge in [0, 0.05) is 6.42 Å². The van der Waals surface area contributed by atoms with Gasteiger partial charge in [-0.05, 0) is 41.8 Å². The predicted molar refractivity (Wildman–Crippen MR) is 163 cm³/mol. The molecule has 2 atom stereocenters. The number of carbonyl (C=O) groups excluding carboxylic acids is 2. The number of Topliss-reactive ketones (excluding diaryl/α,β-unsaturated/α-hetero) is 1. The molecular formula is C29H35N5O9S2. The maximum Gasteiger partial charge on any atom is 0.311 e. The lowest BCUT2D eigenvalue weighted by molar-refractivity contribution is -0.150. The molecule has 4 rings (SSSR count). The van der Waals surface area contributed by atoms with E-state index in [4.69, 9.17) is 29.2 Å². The summed E-state index contributed by atoms with van der Waals surface area (Å²) in [7, 11) is -2.65. The first-order valence-corrected chi connectivity index (χ1v) is 16.3. The van der Waals surface area contributed by atoms with Crippen LogP contribution in [0.1, 0.15) is 37.6 Å². The number of aromatic nitrogens is 4. The van der Waals surface area contributed by atoms with Crippen molar-refractivity contribution in [2.24, 2.45) is 17.0 Å². The van der Waals surface area contributed by atoms with Crippen molar-refractivity contribution in [3.05, 3.63) is 59.9 Å². The Morgan fingerprint density at radius 1 is 1.09 bits per heavy atom. The molecule has 14 nitrogen and oxygen atoms in total. The normalized spacial score (nSPS) is 13.1. The Labute approximate surface area is 264 Å². The van der Waals surface area contributed by atoms with Crippen LogP contribution in [0.3, 0.4) is 0 Å². The number of rotatable bonds is 17. The molecule has 0 aliphatic heterocycles. The van der Waals surface area contributed by atoms with Crippen LogP contribution in [-0.4, -0.2) is 72.2 Å². The van der Waals surface area contributed by atoms with Gasteiger partial charge in [0.1, 0.15) is 36.4 Å². The van der Waals surface area contributed by atoms with Gasteiger partial charge >= 0.3 is 5.97 Å². The zero-order chi connectivity index (χ0) is 32.6. The summed E-state index contributed by atoms with van der Waals surface area (Å²) < 4.78 is 47.1. The fraction of sp³-hybridized carbons (Fsp3) is 0.414. The van der Waals surface area contributed by atoms with Gasteiger partial charge in [-0.2, -0.15) is 0 Å². The summed E-state index contributed by atoms with van der Waals surface area (Å²) >= 11 is 0.941. The number of benzene rings is 2. The number of hydrogen-bond acceptors (Lipinski definition) is 13. The molecule has 4 aromatic rings. The molecule has 16 heteroatoms. The van der Waals surface area contributed by atoms with E-state index in [1.807, 2.05) is 19.9 Å². The number of esters is 1. The van der Waals surface area contributed by atoms with Gasteiger partial charge in [0.2, 0.25) is 4.34 Å². The molecule has 0 unspecified atom stereocenters. The quantitative estimate of drug-likeness (QED) is 0.157. The highest BCUT2D eigenvalue weighted by Crippen LogP contribution is 2.29. The molecule has 0 aliphatic rings. The zero-order valence-corrected chi connectivity index (χ0v) is 26.6. The number of ketones is 1. The standard InChI is InChI=1S/C29H35N5O9S2/c1-18(2)27(25(36)12-20(28(37)40-3)16-41-15-19-5-4-6-22(11-19)42-10-9-35)34-14-21(32-33-34)17-43-23-7-8-24-26(13-23)44-29(31-24)45(30,38)39/h4-8,11,13-14,18,20,27,35H,9-10,12,15-17H2,1-3H3,(H2,30,38,39)/t20-,27-/m0/s1. The van der Waals surface area contributed by atoms with E-state index in [0.717, 1.165) is 16.9 Å². The third-order valence-corrected chi connectivity index (χ3v) is 8.94. The molecule has 2 aromatic carbocycles. The van der Waals surface area contributed by atoms with Crippen molar-refractivity contribution in [1.29, 1.82) is 0 Å². The second kappa shape index (κ2) is 15.4. The third kappa shape index (κ3) is 9.27. The van der Waals surface area contributed by atoms with E-state index in [-0.39, 0.29) is 55.5 Å². The van der Waals surface area contributed by atoms with Crippen LogP contribution >= 0.6 is 11.3 Å². The number of thiazole rings is 1. The maximum atomic E-state index is 13.5. The second-order valence-electron chi connectivity index (χ2n) is 10.4. The van der Waals surface area contributed by atoms with Gasteiger partial charge in [0.15, 0.2) is 5.78 Å². The first-order valence-electron chi connectivity index (χ1n) is 14.0. The minimum atomic E-state index is -3.91. The van der Waals surface area contributed by atoms with Crippen molar-refractivity contribution >= 4 is 43.3 Å². The van der Waals surface area contributed by atoms with Crippen molar-refractivity contribution in [2.75, 3.05) is 26.9 Å². The Morgan fingerprint density at radius 2 is 1.87 bits per heavy atom. The molecule has 45 heavy (non-hydrogen) atoms. The number of aliphatic hydroxyl groups is 1. The van der Waals surface area contributed by atoms with Gasteiger partial charge in [-0.1, -0.05) is 31.2 Å². The molecule has 0 radical (unpaired) electrons. The number of methoxy groups -OCH3 is 1. The first-order chi connectivity index (χ1) is 21.5. The van der Waals surface area contributed by atoms with Gasteiger partial charge in [-0.3, -0.25) is 9.59 Å². The summed E-state index contributed by atoms with van der Waals surface area (Å²) in [6.45, 7) is 3.99. The van der Waals surface area contributed by atoms with Gasteiger partial charge in [0.05, 0.1) is 49.3 Å². The summed E-state index contributed by atoms with van der Waals surface area (Å²) in [6, 6.07) is 11.4. The SMILES string of the molecule is COC(=O)[C@H](COCc1cccc(OCCO)c1)CC(=O)[C@H](C(C)C)n1cc(COc2ccc3nc(S(N)(=O)=O)sc3c2)nn1. The third-order valence-electron chi connectivity index (χ3n) is 6.60. The molecule has 0 saturated heterocycles. The molecule has 0 aliphatic carbocycles. The van der Waals surface area contributed by atoms with Crippen molar-refractivity contribution < 1.29 is 42.1 Å². The molecule has 3 N–H and O–H groups in total. The smallest absolute Gasteiger partial charge is 0.311 e. The highest BCUT2D eigenvalue weighted by atomic mass is 32.2. The number of ether oxygens (including phenoxy) is 4. The second-order valence-corrected chi connectivity index (χ2v) is 13.2. The van der Waals surface area contributed by atoms with Crippen molar-refractivity contribution in [1.82, 2.24) is 20.0 Å². The lowest BCUT2D eigenvalue weighted by Gasteiger charge is -2.22. The Kier molecular flexibility index (Phi) is 11.6. The molecule has 0 saturated carbocycles. The average Bonchev–Trinajstić information content (AvgIpc) is 3.65. The Morgan fingerprint density at radius 3 is 2.58 bits per heavy atom. The van der Waals surface area contributed by atoms with E-state index in [2.05, 4.69) is 15.3 Å². The average molecular weight is 662 g/mol. The van der Waals surface area contributed by atoms with Gasteiger partial charge in [-0.15, -0.1) is 16.4 Å². The van der Waals surface area contributed by atoms with E-state index in [0.29, 0.717) is 27.4 Å². The van der Waals surface area contributed by atoms with Crippen LogP contribution < -0.4 is 14.6 Å². The molecule has 2 heterocycles. The summed E-state index contributed by atoms with van der Waals surface area (Å²) in [5.41, 5.74) is 1.74.